The monoisotopic (exact) mass is 237 g/mol. The summed E-state index contributed by atoms with van der Waals surface area (Å²) >= 11 is 5.79. The molecule has 0 spiro atoms. The predicted octanol–water partition coefficient (Wildman–Crippen LogP) is 1.56. The summed E-state index contributed by atoms with van der Waals surface area (Å²) in [6.45, 7) is 0. The highest BCUT2D eigenvalue weighted by molar-refractivity contribution is 6.30. The lowest BCUT2D eigenvalue weighted by atomic mass is 10.3. The average molecular weight is 238 g/mol. The number of benzene rings is 1. The van der Waals surface area contributed by atoms with Crippen molar-refractivity contribution in [3.63, 3.8) is 0 Å². The number of nitrogen functional groups attached to an aromatic ring is 1. The third-order valence-electron chi connectivity index (χ3n) is 1.80. The number of rotatable bonds is 2. The van der Waals surface area contributed by atoms with E-state index < -0.39 is 0 Å². The molecule has 0 atom stereocenters. The second kappa shape index (κ2) is 4.19. The van der Waals surface area contributed by atoms with Crippen LogP contribution in [0.25, 0.3) is 0 Å². The zero-order valence-corrected chi connectivity index (χ0v) is 8.81. The van der Waals surface area contributed by atoms with Gasteiger partial charge in [0.2, 0.25) is 11.9 Å². The first-order valence-corrected chi connectivity index (χ1v) is 4.73. The van der Waals surface area contributed by atoms with Gasteiger partial charge in [-0.1, -0.05) is 11.6 Å². The Balaban J connectivity index is 2.30. The van der Waals surface area contributed by atoms with E-state index in [-0.39, 0.29) is 17.6 Å². The fourth-order valence-corrected chi connectivity index (χ4v) is 1.27. The Kier molecular flexibility index (Phi) is 2.74. The van der Waals surface area contributed by atoms with Crippen LogP contribution in [0.3, 0.4) is 0 Å². The molecule has 1 aromatic carbocycles. The normalized spacial score (nSPS) is 10.1. The summed E-state index contributed by atoms with van der Waals surface area (Å²) in [4.78, 5) is 11.3. The second-order valence-electron chi connectivity index (χ2n) is 2.95. The summed E-state index contributed by atoms with van der Waals surface area (Å²) in [6, 6.07) is 4.59. The van der Waals surface area contributed by atoms with Gasteiger partial charge >= 0.3 is 0 Å². The molecule has 16 heavy (non-hydrogen) atoms. The molecule has 6 nitrogen and oxygen atoms in total. The Morgan fingerprint density at radius 1 is 1.31 bits per heavy atom. The van der Waals surface area contributed by atoms with E-state index in [1.165, 1.54) is 12.4 Å². The van der Waals surface area contributed by atoms with Gasteiger partial charge in [-0.2, -0.15) is 4.98 Å². The summed E-state index contributed by atoms with van der Waals surface area (Å²) in [5.41, 5.74) is 5.79. The number of hydrogen-bond donors (Lipinski definition) is 3. The number of nitrogens with two attached hydrogens (primary N) is 1. The maximum absolute atomic E-state index is 9.54. The van der Waals surface area contributed by atoms with E-state index in [9.17, 15) is 5.11 Å². The lowest BCUT2D eigenvalue weighted by molar-refractivity contribution is 0.477. The number of aromatic hydroxyl groups is 1. The molecule has 1 heterocycles. The third kappa shape index (κ3) is 2.29. The minimum absolute atomic E-state index is 0.0448. The van der Waals surface area contributed by atoms with E-state index in [1.54, 1.807) is 12.1 Å². The summed E-state index contributed by atoms with van der Waals surface area (Å²) in [5.74, 6) is 0.382. The van der Waals surface area contributed by atoms with Crippen molar-refractivity contribution in [2.24, 2.45) is 0 Å². The van der Waals surface area contributed by atoms with Crippen molar-refractivity contribution in [1.29, 1.82) is 0 Å². The Morgan fingerprint density at radius 2 is 2.12 bits per heavy atom. The lowest BCUT2D eigenvalue weighted by Crippen LogP contribution is -2.01. The van der Waals surface area contributed by atoms with E-state index in [4.69, 9.17) is 17.3 Å². The fourth-order valence-electron chi connectivity index (χ4n) is 1.10. The van der Waals surface area contributed by atoms with Crippen LogP contribution in [0.15, 0.2) is 24.5 Å². The highest BCUT2D eigenvalue weighted by Gasteiger charge is 2.04. The molecule has 0 aliphatic heterocycles. The van der Waals surface area contributed by atoms with Gasteiger partial charge < -0.3 is 16.2 Å². The van der Waals surface area contributed by atoms with Gasteiger partial charge in [-0.05, 0) is 18.2 Å². The van der Waals surface area contributed by atoms with E-state index in [0.29, 0.717) is 10.7 Å². The summed E-state index contributed by atoms with van der Waals surface area (Å²) in [5, 5.41) is 12.8. The number of aromatic nitrogens is 3. The number of anilines is 3. The van der Waals surface area contributed by atoms with Crippen LogP contribution in [0.5, 0.6) is 5.75 Å². The first kappa shape index (κ1) is 10.4. The molecule has 0 unspecified atom stereocenters. The minimum atomic E-state index is 0.0448. The second-order valence-corrected chi connectivity index (χ2v) is 3.39. The third-order valence-corrected chi connectivity index (χ3v) is 2.03. The first-order valence-electron chi connectivity index (χ1n) is 4.35. The number of nitrogens with zero attached hydrogens (tertiary/aromatic N) is 3. The maximum Gasteiger partial charge on any atom is 0.232 e. The van der Waals surface area contributed by atoms with Crippen molar-refractivity contribution in [3.05, 3.63) is 29.5 Å². The molecule has 0 amide bonds. The van der Waals surface area contributed by atoms with Crippen molar-refractivity contribution in [1.82, 2.24) is 15.0 Å². The van der Waals surface area contributed by atoms with Crippen LogP contribution in [0, 0.1) is 0 Å². The standard InChI is InChI=1S/C9H8ClN5O/c10-5-1-2-7(16)6(3-5)14-9-13-4-12-8(11)15-9/h1-4,16H,(H3,11,12,13,14,15). The van der Waals surface area contributed by atoms with Crippen LogP contribution in [0.2, 0.25) is 5.02 Å². The maximum atomic E-state index is 9.54. The highest BCUT2D eigenvalue weighted by Crippen LogP contribution is 2.28. The van der Waals surface area contributed by atoms with Crippen LogP contribution >= 0.6 is 11.6 Å². The molecule has 4 N–H and O–H groups in total. The molecule has 0 fully saturated rings. The van der Waals surface area contributed by atoms with E-state index in [0.717, 1.165) is 0 Å². The summed E-state index contributed by atoms with van der Waals surface area (Å²) in [6.07, 6.45) is 1.27. The Labute approximate surface area is 96.1 Å². The molecule has 0 bridgehead atoms. The van der Waals surface area contributed by atoms with Gasteiger partial charge in [0.1, 0.15) is 12.1 Å². The number of phenols is 1. The minimum Gasteiger partial charge on any atom is -0.506 e. The molecule has 82 valence electrons. The van der Waals surface area contributed by atoms with Crippen molar-refractivity contribution >= 4 is 29.2 Å². The number of nitrogens with one attached hydrogen (secondary N) is 1. The average Bonchev–Trinajstić information content (AvgIpc) is 2.24. The molecule has 0 aliphatic carbocycles. The molecule has 2 rings (SSSR count). The van der Waals surface area contributed by atoms with E-state index in [2.05, 4.69) is 20.3 Å². The quantitative estimate of drug-likeness (QED) is 0.686. The molecule has 2 aromatic rings. The Morgan fingerprint density at radius 3 is 2.88 bits per heavy atom. The molecular formula is C9H8ClN5O. The molecule has 0 radical (unpaired) electrons. The predicted molar refractivity (Wildman–Crippen MR) is 60.6 cm³/mol. The molecular weight excluding hydrogens is 230 g/mol. The van der Waals surface area contributed by atoms with Crippen molar-refractivity contribution in [2.75, 3.05) is 11.1 Å². The van der Waals surface area contributed by atoms with Gasteiger partial charge in [0.25, 0.3) is 0 Å². The van der Waals surface area contributed by atoms with Gasteiger partial charge in [-0.25, -0.2) is 9.97 Å². The van der Waals surface area contributed by atoms with Crippen molar-refractivity contribution in [2.45, 2.75) is 0 Å². The molecule has 7 heteroatoms. The van der Waals surface area contributed by atoms with Crippen LogP contribution in [-0.2, 0) is 0 Å². The smallest absolute Gasteiger partial charge is 0.232 e. The Hall–Kier alpha value is -2.08. The number of phenolic OH excluding ortho intramolecular Hbond substituents is 1. The highest BCUT2D eigenvalue weighted by atomic mass is 35.5. The number of hydrogen-bond acceptors (Lipinski definition) is 6. The van der Waals surface area contributed by atoms with Gasteiger partial charge in [0.15, 0.2) is 0 Å². The largest absolute Gasteiger partial charge is 0.506 e. The lowest BCUT2D eigenvalue weighted by Gasteiger charge is -2.06. The number of halogens is 1. The summed E-state index contributed by atoms with van der Waals surface area (Å²) < 4.78 is 0. The topological polar surface area (TPSA) is 97.0 Å². The van der Waals surface area contributed by atoms with Crippen molar-refractivity contribution < 1.29 is 5.11 Å². The van der Waals surface area contributed by atoms with Gasteiger partial charge in [0.05, 0.1) is 5.69 Å². The summed E-state index contributed by atoms with van der Waals surface area (Å²) in [7, 11) is 0. The molecule has 0 saturated carbocycles. The fraction of sp³-hybridized carbons (Fsp3) is 0. The van der Waals surface area contributed by atoms with Crippen LogP contribution in [0.1, 0.15) is 0 Å². The van der Waals surface area contributed by atoms with Crippen LogP contribution in [0.4, 0.5) is 17.6 Å². The SMILES string of the molecule is Nc1ncnc(Nc2cc(Cl)ccc2O)n1. The molecule has 0 saturated heterocycles. The van der Waals surface area contributed by atoms with E-state index in [1.807, 2.05) is 0 Å². The van der Waals surface area contributed by atoms with Gasteiger partial charge in [0, 0.05) is 5.02 Å². The Bertz CT molecular complexity index is 519. The molecule has 0 aliphatic rings. The van der Waals surface area contributed by atoms with Gasteiger partial charge in [-0.15, -0.1) is 0 Å². The van der Waals surface area contributed by atoms with Crippen LogP contribution in [-0.4, -0.2) is 20.1 Å². The van der Waals surface area contributed by atoms with Crippen LogP contribution < -0.4 is 11.1 Å². The van der Waals surface area contributed by atoms with Crippen molar-refractivity contribution in [3.8, 4) is 5.75 Å². The van der Waals surface area contributed by atoms with Gasteiger partial charge in [-0.3, -0.25) is 0 Å². The zero-order chi connectivity index (χ0) is 11.5. The first-order chi connectivity index (χ1) is 7.65. The van der Waals surface area contributed by atoms with E-state index >= 15 is 0 Å². The zero-order valence-electron chi connectivity index (χ0n) is 8.05. The molecule has 1 aromatic heterocycles.